The van der Waals surface area contributed by atoms with Gasteiger partial charge in [-0.25, -0.2) is 0 Å². The molecule has 1 aliphatic heterocycles. The number of amidine groups is 1. The topological polar surface area (TPSA) is 41.6 Å². The molecule has 86 valence electrons. The van der Waals surface area contributed by atoms with Crippen molar-refractivity contribution >= 4 is 5.84 Å². The lowest BCUT2D eigenvalue weighted by Gasteiger charge is -2.34. The second-order valence-electron chi connectivity index (χ2n) is 5.30. The number of fused-ring (bicyclic) bond motifs is 1. The highest BCUT2D eigenvalue weighted by molar-refractivity contribution is 5.86. The summed E-state index contributed by atoms with van der Waals surface area (Å²) < 4.78 is 0. The highest BCUT2D eigenvalue weighted by Gasteiger charge is 2.38. The summed E-state index contributed by atoms with van der Waals surface area (Å²) in [5.74, 6) is 2.56. The van der Waals surface area contributed by atoms with Crippen LogP contribution < -0.4 is 5.73 Å². The summed E-state index contributed by atoms with van der Waals surface area (Å²) in [6, 6.07) is 1.18. The summed E-state index contributed by atoms with van der Waals surface area (Å²) in [6.45, 7) is 5.30. The number of hydrogen-bond donors (Lipinski definition) is 1. The zero-order valence-electron chi connectivity index (χ0n) is 10.1. The average molecular weight is 209 g/mol. The molecule has 0 spiro atoms. The Morgan fingerprint density at radius 2 is 2.20 bits per heavy atom. The van der Waals surface area contributed by atoms with Gasteiger partial charge in [-0.05, 0) is 31.7 Å². The third-order valence-corrected chi connectivity index (χ3v) is 3.90. The Morgan fingerprint density at radius 1 is 1.47 bits per heavy atom. The molecule has 2 aliphatic rings. The van der Waals surface area contributed by atoms with Gasteiger partial charge in [-0.1, -0.05) is 13.8 Å². The van der Waals surface area contributed by atoms with Crippen molar-refractivity contribution in [2.24, 2.45) is 22.6 Å². The lowest BCUT2D eigenvalue weighted by atomic mass is 9.83. The fourth-order valence-electron chi connectivity index (χ4n) is 2.98. The predicted octanol–water partition coefficient (Wildman–Crippen LogP) is 1.48. The van der Waals surface area contributed by atoms with Gasteiger partial charge >= 0.3 is 0 Å². The Bertz CT molecular complexity index is 260. The van der Waals surface area contributed by atoms with Crippen molar-refractivity contribution in [3.05, 3.63) is 0 Å². The zero-order chi connectivity index (χ0) is 11.0. The molecular weight excluding hydrogens is 186 g/mol. The molecule has 0 aromatic carbocycles. The van der Waals surface area contributed by atoms with E-state index in [0.717, 1.165) is 12.5 Å². The number of nitrogens with zero attached hydrogens (tertiary/aromatic N) is 2. The smallest absolute Gasteiger partial charge is 0.102 e. The maximum Gasteiger partial charge on any atom is 0.102 e. The van der Waals surface area contributed by atoms with Gasteiger partial charge in [-0.3, -0.25) is 4.99 Å². The number of aliphatic imine (C=N–C) groups is 1. The van der Waals surface area contributed by atoms with Gasteiger partial charge in [-0.2, -0.15) is 0 Å². The summed E-state index contributed by atoms with van der Waals surface area (Å²) in [5.41, 5.74) is 5.77. The van der Waals surface area contributed by atoms with Crippen LogP contribution in [0.1, 0.15) is 33.1 Å². The molecule has 3 unspecified atom stereocenters. The van der Waals surface area contributed by atoms with E-state index in [0.29, 0.717) is 18.0 Å². The Labute approximate surface area is 92.7 Å². The molecule has 2 rings (SSSR count). The first-order valence-electron chi connectivity index (χ1n) is 6.14. The average Bonchev–Trinajstić information content (AvgIpc) is 2.56. The van der Waals surface area contributed by atoms with Gasteiger partial charge in [0.25, 0.3) is 0 Å². The van der Waals surface area contributed by atoms with Crippen molar-refractivity contribution in [3.63, 3.8) is 0 Å². The first kappa shape index (κ1) is 10.9. The van der Waals surface area contributed by atoms with Crippen molar-refractivity contribution in [2.45, 2.75) is 45.2 Å². The Morgan fingerprint density at radius 3 is 2.80 bits per heavy atom. The molecular formula is C12H23N3. The largest absolute Gasteiger partial charge is 0.358 e. The molecule has 1 saturated carbocycles. The van der Waals surface area contributed by atoms with Crippen molar-refractivity contribution < 1.29 is 0 Å². The maximum atomic E-state index is 5.77. The van der Waals surface area contributed by atoms with Crippen molar-refractivity contribution in [3.8, 4) is 0 Å². The van der Waals surface area contributed by atoms with Crippen LogP contribution in [0.3, 0.4) is 0 Å². The van der Waals surface area contributed by atoms with E-state index < -0.39 is 0 Å². The maximum absolute atomic E-state index is 5.77. The van der Waals surface area contributed by atoms with Crippen LogP contribution >= 0.6 is 0 Å². The number of hydrogen-bond acceptors (Lipinski definition) is 3. The summed E-state index contributed by atoms with van der Waals surface area (Å²) >= 11 is 0. The van der Waals surface area contributed by atoms with Crippen LogP contribution in [0.15, 0.2) is 4.99 Å². The third-order valence-electron chi connectivity index (χ3n) is 3.90. The fraction of sp³-hybridized carbons (Fsp3) is 0.917. The van der Waals surface area contributed by atoms with E-state index >= 15 is 0 Å². The van der Waals surface area contributed by atoms with E-state index in [1.807, 2.05) is 0 Å². The summed E-state index contributed by atoms with van der Waals surface area (Å²) in [7, 11) is 2.20. The van der Waals surface area contributed by atoms with Crippen LogP contribution in [-0.2, 0) is 0 Å². The van der Waals surface area contributed by atoms with Crippen LogP contribution in [0.4, 0.5) is 0 Å². The van der Waals surface area contributed by atoms with Gasteiger partial charge in [0.05, 0.1) is 12.1 Å². The zero-order valence-corrected chi connectivity index (χ0v) is 10.1. The molecule has 1 heterocycles. The second-order valence-corrected chi connectivity index (χ2v) is 5.30. The molecule has 2 N–H and O–H groups in total. The molecule has 0 radical (unpaired) electrons. The summed E-state index contributed by atoms with van der Waals surface area (Å²) in [5, 5.41) is 0. The minimum Gasteiger partial charge on any atom is -0.358 e. The van der Waals surface area contributed by atoms with Gasteiger partial charge in [0.15, 0.2) is 0 Å². The van der Waals surface area contributed by atoms with Gasteiger partial charge in [0.1, 0.15) is 5.84 Å². The molecule has 3 heteroatoms. The molecule has 0 amide bonds. The van der Waals surface area contributed by atoms with Gasteiger partial charge in [0, 0.05) is 13.0 Å². The lowest BCUT2D eigenvalue weighted by molar-refractivity contribution is 0.219. The molecule has 0 saturated heterocycles. The normalized spacial score (nSPS) is 35.7. The van der Waals surface area contributed by atoms with Crippen molar-refractivity contribution in [1.82, 2.24) is 4.90 Å². The fourth-order valence-corrected chi connectivity index (χ4v) is 2.98. The monoisotopic (exact) mass is 209 g/mol. The van der Waals surface area contributed by atoms with E-state index in [-0.39, 0.29) is 0 Å². The Kier molecular flexibility index (Phi) is 3.01. The molecule has 1 aliphatic carbocycles. The number of likely N-dealkylation sites (N-methyl/N-ethyl adjacent to an activating group) is 1. The van der Waals surface area contributed by atoms with E-state index in [1.165, 1.54) is 25.1 Å². The van der Waals surface area contributed by atoms with Crippen LogP contribution in [0, 0.1) is 11.8 Å². The minimum absolute atomic E-state index is 0.551. The lowest BCUT2D eigenvalue weighted by Crippen LogP contribution is -2.43. The van der Waals surface area contributed by atoms with Crippen molar-refractivity contribution in [1.29, 1.82) is 0 Å². The first-order chi connectivity index (χ1) is 7.13. The molecule has 3 nitrogen and oxygen atoms in total. The van der Waals surface area contributed by atoms with E-state index in [9.17, 15) is 0 Å². The van der Waals surface area contributed by atoms with Gasteiger partial charge in [-0.15, -0.1) is 0 Å². The molecule has 15 heavy (non-hydrogen) atoms. The Balaban J connectivity index is 2.08. The second kappa shape index (κ2) is 4.12. The van der Waals surface area contributed by atoms with E-state index in [4.69, 9.17) is 10.7 Å². The number of rotatable bonds is 2. The summed E-state index contributed by atoms with van der Waals surface area (Å²) in [6.07, 6.45) is 3.73. The SMILES string of the molecule is CC(C)C1=NC2CCC(CN)CC2N1C. The molecule has 0 aromatic rings. The predicted molar refractivity (Wildman–Crippen MR) is 64.0 cm³/mol. The molecule has 3 atom stereocenters. The van der Waals surface area contributed by atoms with Crippen molar-refractivity contribution in [2.75, 3.05) is 13.6 Å². The molecule has 0 bridgehead atoms. The highest BCUT2D eigenvalue weighted by Crippen LogP contribution is 2.34. The van der Waals surface area contributed by atoms with E-state index in [2.05, 4.69) is 25.8 Å². The Hall–Kier alpha value is -0.570. The van der Waals surface area contributed by atoms with Crippen LogP contribution in [0.25, 0.3) is 0 Å². The van der Waals surface area contributed by atoms with Crippen LogP contribution in [0.2, 0.25) is 0 Å². The van der Waals surface area contributed by atoms with Gasteiger partial charge < -0.3 is 10.6 Å². The third kappa shape index (κ3) is 1.89. The molecule has 1 fully saturated rings. The van der Waals surface area contributed by atoms with Crippen LogP contribution in [0.5, 0.6) is 0 Å². The minimum atomic E-state index is 0.551. The van der Waals surface area contributed by atoms with E-state index in [1.54, 1.807) is 0 Å². The van der Waals surface area contributed by atoms with Gasteiger partial charge in [0.2, 0.25) is 0 Å². The molecule has 0 aromatic heterocycles. The standard InChI is InChI=1S/C12H23N3/c1-8(2)12-14-10-5-4-9(7-13)6-11(10)15(12)3/h8-11H,4-7,13H2,1-3H3. The highest BCUT2D eigenvalue weighted by atomic mass is 15.3. The van der Waals surface area contributed by atoms with Crippen LogP contribution in [-0.4, -0.2) is 36.4 Å². The summed E-state index contributed by atoms with van der Waals surface area (Å²) in [4.78, 5) is 7.26. The first-order valence-corrected chi connectivity index (χ1v) is 6.14. The number of nitrogens with two attached hydrogens (primary N) is 1. The quantitative estimate of drug-likeness (QED) is 0.748.